The summed E-state index contributed by atoms with van der Waals surface area (Å²) in [4.78, 5) is -0.165. The number of sulfonamides is 1. The molecule has 0 bridgehead atoms. The third-order valence-electron chi connectivity index (χ3n) is 4.38. The van der Waals surface area contributed by atoms with E-state index in [0.29, 0.717) is 0 Å². The van der Waals surface area contributed by atoms with Gasteiger partial charge in [-0.05, 0) is 29.8 Å². The molecule has 2 N–H and O–H groups in total. The van der Waals surface area contributed by atoms with Gasteiger partial charge >= 0.3 is 6.18 Å². The van der Waals surface area contributed by atoms with Crippen LogP contribution in [-0.4, -0.2) is 31.9 Å². The van der Waals surface area contributed by atoms with E-state index in [4.69, 9.17) is 5.73 Å². The molecule has 0 radical (unpaired) electrons. The molecule has 0 saturated carbocycles. The molecule has 1 heterocycles. The lowest BCUT2D eigenvalue weighted by atomic mass is 9.95. The number of nitrogens with zero attached hydrogens (tertiary/aromatic N) is 1. The highest BCUT2D eigenvalue weighted by Crippen LogP contribution is 2.33. The molecule has 4 nitrogen and oxygen atoms in total. The van der Waals surface area contributed by atoms with Gasteiger partial charge in [0.15, 0.2) is 0 Å². The first kappa shape index (κ1) is 17.9. The van der Waals surface area contributed by atoms with Crippen LogP contribution in [0.4, 0.5) is 13.2 Å². The zero-order valence-corrected chi connectivity index (χ0v) is 14.0. The predicted octanol–water partition coefficient (Wildman–Crippen LogP) is 2.82. The standard InChI is InChI=1S/C17H17F3N2O2S/c18-17(19,20)13-6-8-14(9-7-13)25(23,24)22-10-15(16(21)11-22)12-4-2-1-3-5-12/h1-9,15-16H,10-11,21H2/t15-,16+/m1/s1. The van der Waals surface area contributed by atoms with Crippen LogP contribution in [0.15, 0.2) is 59.5 Å². The van der Waals surface area contributed by atoms with Crippen LogP contribution in [0.2, 0.25) is 0 Å². The van der Waals surface area contributed by atoms with E-state index < -0.39 is 21.8 Å². The Hall–Kier alpha value is -1.90. The van der Waals surface area contributed by atoms with E-state index in [1.54, 1.807) is 0 Å². The molecule has 2 atom stereocenters. The third kappa shape index (κ3) is 3.56. The smallest absolute Gasteiger partial charge is 0.326 e. The van der Waals surface area contributed by atoms with Crippen molar-refractivity contribution >= 4 is 10.0 Å². The van der Waals surface area contributed by atoms with Gasteiger partial charge in [-0.1, -0.05) is 30.3 Å². The molecule has 2 aromatic carbocycles. The second-order valence-electron chi connectivity index (χ2n) is 6.03. The highest BCUT2D eigenvalue weighted by atomic mass is 32.2. The number of nitrogens with two attached hydrogens (primary N) is 1. The minimum Gasteiger partial charge on any atom is -0.326 e. The normalized spacial score (nSPS) is 22.2. The van der Waals surface area contributed by atoms with Crippen LogP contribution in [0.25, 0.3) is 0 Å². The van der Waals surface area contributed by atoms with Gasteiger partial charge in [-0.3, -0.25) is 0 Å². The largest absolute Gasteiger partial charge is 0.416 e. The van der Waals surface area contributed by atoms with Gasteiger partial charge in [-0.2, -0.15) is 17.5 Å². The average Bonchev–Trinajstić information content (AvgIpc) is 2.98. The van der Waals surface area contributed by atoms with Gasteiger partial charge < -0.3 is 5.73 Å². The van der Waals surface area contributed by atoms with E-state index in [9.17, 15) is 21.6 Å². The molecular formula is C17H17F3N2O2S. The molecule has 0 unspecified atom stereocenters. The molecule has 8 heteroatoms. The summed E-state index contributed by atoms with van der Waals surface area (Å²) in [5.74, 6) is -0.148. The first-order valence-corrected chi connectivity index (χ1v) is 9.11. The quantitative estimate of drug-likeness (QED) is 0.904. The maximum Gasteiger partial charge on any atom is 0.416 e. The highest BCUT2D eigenvalue weighted by Gasteiger charge is 2.38. The lowest BCUT2D eigenvalue weighted by molar-refractivity contribution is -0.137. The Morgan fingerprint density at radius 1 is 0.960 bits per heavy atom. The molecule has 0 aliphatic carbocycles. The van der Waals surface area contributed by atoms with Crippen LogP contribution in [0.3, 0.4) is 0 Å². The van der Waals surface area contributed by atoms with E-state index in [-0.39, 0.29) is 29.9 Å². The number of halogens is 3. The lowest BCUT2D eigenvalue weighted by Gasteiger charge is -2.17. The van der Waals surface area contributed by atoms with Crippen molar-refractivity contribution in [2.24, 2.45) is 5.73 Å². The SMILES string of the molecule is N[C@H]1CN(S(=O)(=O)c2ccc(C(F)(F)F)cc2)C[C@@H]1c1ccccc1. The first-order chi connectivity index (χ1) is 11.7. The Morgan fingerprint density at radius 3 is 2.12 bits per heavy atom. The van der Waals surface area contributed by atoms with E-state index in [1.165, 1.54) is 4.31 Å². The van der Waals surface area contributed by atoms with Gasteiger partial charge in [0, 0.05) is 25.0 Å². The Balaban J connectivity index is 1.84. The molecule has 1 aliphatic heterocycles. The Morgan fingerprint density at radius 2 is 1.56 bits per heavy atom. The summed E-state index contributed by atoms with van der Waals surface area (Å²) >= 11 is 0. The molecule has 25 heavy (non-hydrogen) atoms. The van der Waals surface area contributed by atoms with Gasteiger partial charge in [0.2, 0.25) is 10.0 Å². The topological polar surface area (TPSA) is 63.4 Å². The van der Waals surface area contributed by atoms with E-state index >= 15 is 0 Å². The fraction of sp³-hybridized carbons (Fsp3) is 0.294. The van der Waals surface area contributed by atoms with Crippen LogP contribution in [0, 0.1) is 0 Å². The average molecular weight is 370 g/mol. The maximum absolute atomic E-state index is 12.7. The maximum atomic E-state index is 12.7. The first-order valence-electron chi connectivity index (χ1n) is 7.67. The van der Waals surface area contributed by atoms with Crippen LogP contribution in [0.1, 0.15) is 17.0 Å². The predicted molar refractivity (Wildman–Crippen MR) is 87.4 cm³/mol. The monoisotopic (exact) mass is 370 g/mol. The third-order valence-corrected chi connectivity index (χ3v) is 6.22. The van der Waals surface area contributed by atoms with Crippen molar-refractivity contribution in [2.75, 3.05) is 13.1 Å². The van der Waals surface area contributed by atoms with Crippen LogP contribution in [0.5, 0.6) is 0 Å². The number of hydrogen-bond acceptors (Lipinski definition) is 3. The molecular weight excluding hydrogens is 353 g/mol. The van der Waals surface area contributed by atoms with Crippen molar-refractivity contribution in [2.45, 2.75) is 23.0 Å². The van der Waals surface area contributed by atoms with E-state index in [1.807, 2.05) is 30.3 Å². The van der Waals surface area contributed by atoms with Crippen LogP contribution in [-0.2, 0) is 16.2 Å². The minimum absolute atomic E-state index is 0.128. The van der Waals surface area contributed by atoms with Crippen LogP contribution >= 0.6 is 0 Å². The molecule has 1 saturated heterocycles. The van der Waals surface area contributed by atoms with Gasteiger partial charge in [0.1, 0.15) is 0 Å². The molecule has 1 fully saturated rings. The minimum atomic E-state index is -4.50. The summed E-state index contributed by atoms with van der Waals surface area (Å²) in [6, 6.07) is 12.5. The van der Waals surface area contributed by atoms with Gasteiger partial charge in [0.05, 0.1) is 10.5 Å². The zero-order valence-electron chi connectivity index (χ0n) is 13.1. The van der Waals surface area contributed by atoms with Crippen molar-refractivity contribution in [3.8, 4) is 0 Å². The number of hydrogen-bond donors (Lipinski definition) is 1. The fourth-order valence-electron chi connectivity index (χ4n) is 3.01. The number of rotatable bonds is 3. The zero-order chi connectivity index (χ0) is 18.2. The molecule has 3 rings (SSSR count). The summed E-state index contributed by atoms with van der Waals surface area (Å²) in [5, 5.41) is 0. The van der Waals surface area contributed by atoms with Crippen molar-refractivity contribution in [3.63, 3.8) is 0 Å². The second kappa shape index (κ2) is 6.44. The fourth-order valence-corrected chi connectivity index (χ4v) is 4.51. The van der Waals surface area contributed by atoms with E-state index in [0.717, 1.165) is 29.8 Å². The molecule has 0 spiro atoms. The van der Waals surface area contributed by atoms with Crippen molar-refractivity contribution in [1.29, 1.82) is 0 Å². The number of alkyl halides is 3. The van der Waals surface area contributed by atoms with Gasteiger partial charge in [-0.25, -0.2) is 8.42 Å². The summed E-state index contributed by atoms with van der Waals surface area (Å²) in [7, 11) is -3.89. The molecule has 0 aromatic heterocycles. The summed E-state index contributed by atoms with van der Waals surface area (Å²) in [6.07, 6.45) is -4.50. The summed E-state index contributed by atoms with van der Waals surface area (Å²) in [6.45, 7) is 0.331. The molecule has 2 aromatic rings. The summed E-state index contributed by atoms with van der Waals surface area (Å²) < 4.78 is 64.5. The highest BCUT2D eigenvalue weighted by molar-refractivity contribution is 7.89. The Labute approximate surface area is 144 Å². The molecule has 1 aliphatic rings. The van der Waals surface area contributed by atoms with Crippen LogP contribution < -0.4 is 5.73 Å². The Kier molecular flexibility index (Phi) is 4.61. The number of benzene rings is 2. The summed E-state index contributed by atoms with van der Waals surface area (Å²) in [5.41, 5.74) is 6.16. The second-order valence-corrected chi connectivity index (χ2v) is 7.96. The van der Waals surface area contributed by atoms with E-state index in [2.05, 4.69) is 0 Å². The molecule has 134 valence electrons. The molecule has 0 amide bonds. The lowest BCUT2D eigenvalue weighted by Crippen LogP contribution is -2.32. The van der Waals surface area contributed by atoms with Gasteiger partial charge in [-0.15, -0.1) is 0 Å². The van der Waals surface area contributed by atoms with Crippen molar-refractivity contribution in [3.05, 3.63) is 65.7 Å². The van der Waals surface area contributed by atoms with Crippen molar-refractivity contribution < 1.29 is 21.6 Å². The van der Waals surface area contributed by atoms with Crippen molar-refractivity contribution in [1.82, 2.24) is 4.31 Å². The Bertz CT molecular complexity index is 836. The van der Waals surface area contributed by atoms with Gasteiger partial charge in [0.25, 0.3) is 0 Å².